The van der Waals surface area contributed by atoms with Gasteiger partial charge in [-0.25, -0.2) is 4.79 Å². The van der Waals surface area contributed by atoms with Crippen LogP contribution < -0.4 is 25.7 Å². The number of carbonyl (C=O) groups is 2. The molecule has 1 saturated heterocycles. The molecule has 31 heavy (non-hydrogen) atoms. The molecule has 1 aliphatic heterocycles. The van der Waals surface area contributed by atoms with Crippen molar-refractivity contribution in [2.45, 2.75) is 19.0 Å². The molecule has 1 unspecified atom stereocenters. The molecule has 1 atom stereocenters. The van der Waals surface area contributed by atoms with Crippen LogP contribution in [0.4, 0.5) is 4.79 Å². The minimum Gasteiger partial charge on any atom is -0.497 e. The second kappa shape index (κ2) is 7.98. The van der Waals surface area contributed by atoms with Crippen molar-refractivity contribution in [2.75, 3.05) is 7.11 Å². The Morgan fingerprint density at radius 2 is 1.68 bits per heavy atom. The number of pyridine rings is 1. The lowest BCUT2D eigenvalue weighted by atomic mass is 9.89. The van der Waals surface area contributed by atoms with Crippen LogP contribution in [0.3, 0.4) is 0 Å². The minimum atomic E-state index is -1.41. The number of nitrogens with one attached hydrogen (secondary N) is 2. The highest BCUT2D eigenvalue weighted by molar-refractivity contribution is 6.07. The van der Waals surface area contributed by atoms with Crippen molar-refractivity contribution in [1.29, 1.82) is 0 Å². The first kappa shape index (κ1) is 20.2. The van der Waals surface area contributed by atoms with Gasteiger partial charge in [-0.2, -0.15) is 0 Å². The number of aromatic nitrogens is 1. The Balaban J connectivity index is 1.66. The molecule has 0 spiro atoms. The van der Waals surface area contributed by atoms with Crippen LogP contribution in [-0.2, 0) is 16.9 Å². The van der Waals surface area contributed by atoms with E-state index in [4.69, 9.17) is 9.47 Å². The predicted molar refractivity (Wildman–Crippen MR) is 113 cm³/mol. The first-order chi connectivity index (χ1) is 14.9. The molecule has 3 aromatic rings. The van der Waals surface area contributed by atoms with Crippen molar-refractivity contribution in [2.24, 2.45) is 0 Å². The maximum atomic E-state index is 12.8. The lowest BCUT2D eigenvalue weighted by molar-refractivity contribution is -0.124. The maximum absolute atomic E-state index is 12.8. The fourth-order valence-electron chi connectivity index (χ4n) is 3.54. The van der Waals surface area contributed by atoms with E-state index >= 15 is 0 Å². The number of carbonyl (C=O) groups excluding carboxylic acids is 2. The third-order valence-electron chi connectivity index (χ3n) is 5.18. The normalized spacial score (nSPS) is 17.7. The Bertz CT molecular complexity index is 1200. The first-order valence-corrected chi connectivity index (χ1v) is 9.63. The zero-order valence-electron chi connectivity index (χ0n) is 17.0. The molecule has 158 valence electrons. The van der Waals surface area contributed by atoms with Crippen molar-refractivity contribution in [1.82, 2.24) is 15.2 Å². The average Bonchev–Trinajstić information content (AvgIpc) is 3.05. The van der Waals surface area contributed by atoms with Crippen molar-refractivity contribution < 1.29 is 19.1 Å². The van der Waals surface area contributed by atoms with Crippen LogP contribution in [0, 0.1) is 6.92 Å². The topological polar surface area (TPSA) is 98.7 Å². The third kappa shape index (κ3) is 3.87. The Morgan fingerprint density at radius 1 is 0.935 bits per heavy atom. The zero-order chi connectivity index (χ0) is 22.0. The lowest BCUT2D eigenvalue weighted by Gasteiger charge is -2.27. The highest BCUT2D eigenvalue weighted by atomic mass is 16.5. The van der Waals surface area contributed by atoms with Gasteiger partial charge in [0.25, 0.3) is 11.5 Å². The number of aryl methyl sites for hydroxylation is 1. The summed E-state index contributed by atoms with van der Waals surface area (Å²) in [4.78, 5) is 37.3. The molecule has 0 saturated carbocycles. The summed E-state index contributed by atoms with van der Waals surface area (Å²) in [5, 5.41) is 4.97. The maximum Gasteiger partial charge on any atom is 0.322 e. The fourth-order valence-corrected chi connectivity index (χ4v) is 3.54. The monoisotopic (exact) mass is 419 g/mol. The molecule has 4 rings (SSSR count). The van der Waals surface area contributed by atoms with E-state index in [1.165, 1.54) is 4.57 Å². The average molecular weight is 419 g/mol. The molecule has 8 heteroatoms. The number of ether oxygens (including phenoxy) is 2. The first-order valence-electron chi connectivity index (χ1n) is 9.63. The van der Waals surface area contributed by atoms with E-state index in [-0.39, 0.29) is 12.1 Å². The van der Waals surface area contributed by atoms with Crippen molar-refractivity contribution in [3.8, 4) is 17.2 Å². The van der Waals surface area contributed by atoms with E-state index in [1.807, 2.05) is 12.1 Å². The lowest BCUT2D eigenvalue weighted by Crippen LogP contribution is -2.49. The number of imide groups is 1. The zero-order valence-corrected chi connectivity index (χ0v) is 17.0. The molecule has 0 radical (unpaired) electrons. The molecule has 1 aromatic heterocycles. The van der Waals surface area contributed by atoms with Gasteiger partial charge in [-0.05, 0) is 42.8 Å². The van der Waals surface area contributed by atoms with Gasteiger partial charge in [-0.3, -0.25) is 14.9 Å². The van der Waals surface area contributed by atoms with E-state index in [0.717, 1.165) is 0 Å². The third-order valence-corrected chi connectivity index (χ3v) is 5.18. The van der Waals surface area contributed by atoms with Gasteiger partial charge in [0.05, 0.1) is 13.7 Å². The largest absolute Gasteiger partial charge is 0.497 e. The van der Waals surface area contributed by atoms with E-state index in [1.54, 1.807) is 68.8 Å². The standard InChI is InChI=1S/C23H21N3O5/c1-15-5-4-12-26(20(15)27)14-23(21(28)24-22(29)25-23)16-8-10-17(11-9-16)31-19-7-3-6-18(13-19)30-2/h3-13H,14H2,1-2H3,(H2,24,25,28,29). The van der Waals surface area contributed by atoms with Crippen LogP contribution >= 0.6 is 0 Å². The number of rotatable bonds is 6. The van der Waals surface area contributed by atoms with Crippen molar-refractivity contribution in [3.05, 3.63) is 88.3 Å². The highest BCUT2D eigenvalue weighted by Gasteiger charge is 2.48. The van der Waals surface area contributed by atoms with Gasteiger partial charge >= 0.3 is 6.03 Å². The van der Waals surface area contributed by atoms with Crippen LogP contribution in [0.2, 0.25) is 0 Å². The van der Waals surface area contributed by atoms with E-state index in [0.29, 0.717) is 28.4 Å². The molecular formula is C23H21N3O5. The number of benzene rings is 2. The quantitative estimate of drug-likeness (QED) is 0.599. The Kier molecular flexibility index (Phi) is 5.21. The van der Waals surface area contributed by atoms with E-state index in [2.05, 4.69) is 10.6 Å². The SMILES string of the molecule is COc1cccc(Oc2ccc(C3(Cn4cccc(C)c4=O)NC(=O)NC3=O)cc2)c1. The molecule has 3 amide bonds. The molecule has 1 fully saturated rings. The summed E-state index contributed by atoms with van der Waals surface area (Å²) in [5.74, 6) is 1.29. The molecule has 0 bridgehead atoms. The van der Waals surface area contributed by atoms with Crippen LogP contribution in [0.15, 0.2) is 71.7 Å². The Hall–Kier alpha value is -4.07. The number of hydrogen-bond acceptors (Lipinski definition) is 5. The van der Waals surface area contributed by atoms with Crippen molar-refractivity contribution in [3.63, 3.8) is 0 Å². The second-order valence-electron chi connectivity index (χ2n) is 7.24. The van der Waals surface area contributed by atoms with Gasteiger partial charge in [0.15, 0.2) is 5.54 Å². The highest BCUT2D eigenvalue weighted by Crippen LogP contribution is 2.30. The van der Waals surface area contributed by atoms with E-state index in [9.17, 15) is 14.4 Å². The summed E-state index contributed by atoms with van der Waals surface area (Å²) in [5.41, 5.74) is -0.566. The second-order valence-corrected chi connectivity index (χ2v) is 7.24. The van der Waals surface area contributed by atoms with Crippen LogP contribution in [0.5, 0.6) is 17.2 Å². The molecule has 2 aromatic carbocycles. The number of urea groups is 1. The van der Waals surface area contributed by atoms with Crippen LogP contribution in [0.25, 0.3) is 0 Å². The molecule has 2 N–H and O–H groups in total. The number of amides is 3. The van der Waals surface area contributed by atoms with E-state index < -0.39 is 17.5 Å². The number of nitrogens with zero attached hydrogens (tertiary/aromatic N) is 1. The smallest absolute Gasteiger partial charge is 0.322 e. The minimum absolute atomic E-state index is 0.0405. The molecular weight excluding hydrogens is 398 g/mol. The van der Waals surface area contributed by atoms with Gasteiger partial charge in [-0.15, -0.1) is 0 Å². The number of hydrogen-bond donors (Lipinski definition) is 2. The number of methoxy groups -OCH3 is 1. The van der Waals surface area contributed by atoms with Crippen LogP contribution in [0.1, 0.15) is 11.1 Å². The van der Waals surface area contributed by atoms with Gasteiger partial charge in [-0.1, -0.05) is 24.3 Å². The summed E-state index contributed by atoms with van der Waals surface area (Å²) < 4.78 is 12.5. The van der Waals surface area contributed by atoms with Gasteiger partial charge in [0, 0.05) is 17.8 Å². The predicted octanol–water partition coefficient (Wildman–Crippen LogP) is 2.69. The summed E-state index contributed by atoms with van der Waals surface area (Å²) in [6, 6.07) is 16.8. The molecule has 1 aliphatic rings. The summed E-state index contributed by atoms with van der Waals surface area (Å²) in [6.45, 7) is 1.66. The van der Waals surface area contributed by atoms with Gasteiger partial charge < -0.3 is 19.4 Å². The van der Waals surface area contributed by atoms with Crippen LogP contribution in [-0.4, -0.2) is 23.6 Å². The van der Waals surface area contributed by atoms with Gasteiger partial charge in [0.2, 0.25) is 0 Å². The summed E-state index contributed by atoms with van der Waals surface area (Å²) >= 11 is 0. The molecule has 2 heterocycles. The summed E-state index contributed by atoms with van der Waals surface area (Å²) in [7, 11) is 1.58. The summed E-state index contributed by atoms with van der Waals surface area (Å²) in [6.07, 6.45) is 1.59. The fraction of sp³-hybridized carbons (Fsp3) is 0.174. The van der Waals surface area contributed by atoms with Crippen molar-refractivity contribution >= 4 is 11.9 Å². The Morgan fingerprint density at radius 3 is 2.35 bits per heavy atom. The van der Waals surface area contributed by atoms with Gasteiger partial charge in [0.1, 0.15) is 17.2 Å². The molecule has 0 aliphatic carbocycles. The Labute approximate surface area is 178 Å². The molecule has 8 nitrogen and oxygen atoms in total.